The molecule has 1 aromatic heterocycles. The predicted molar refractivity (Wildman–Crippen MR) is 130 cm³/mol. The van der Waals surface area contributed by atoms with Crippen molar-refractivity contribution in [3.05, 3.63) is 90.0 Å². The third-order valence-electron chi connectivity index (χ3n) is 5.29. The van der Waals surface area contributed by atoms with Gasteiger partial charge in [-0.05, 0) is 35.7 Å². The number of hydrogen-bond acceptors (Lipinski definition) is 5. The molecule has 4 rings (SSSR count). The fourth-order valence-electron chi connectivity index (χ4n) is 3.62. The summed E-state index contributed by atoms with van der Waals surface area (Å²) >= 11 is 1.30. The summed E-state index contributed by atoms with van der Waals surface area (Å²) in [5.74, 6) is 0.0687. The van der Waals surface area contributed by atoms with Crippen LogP contribution >= 0.6 is 11.8 Å². The van der Waals surface area contributed by atoms with E-state index in [0.29, 0.717) is 17.1 Å². The topological polar surface area (TPSA) is 107 Å². The molecule has 0 aliphatic heterocycles. The Hall–Kier alpha value is -3.14. The zero-order valence-electron chi connectivity index (χ0n) is 18.0. The van der Waals surface area contributed by atoms with Crippen LogP contribution in [0.4, 0.5) is 0 Å². The van der Waals surface area contributed by atoms with E-state index in [0.717, 1.165) is 16.6 Å². The highest BCUT2D eigenvalue weighted by Gasteiger charge is 2.18. The van der Waals surface area contributed by atoms with Crippen molar-refractivity contribution in [1.82, 2.24) is 14.9 Å². The first-order valence-corrected chi connectivity index (χ1v) is 12.8. The van der Waals surface area contributed by atoms with E-state index in [1.165, 1.54) is 23.9 Å². The van der Waals surface area contributed by atoms with Crippen LogP contribution in [0.15, 0.2) is 88.9 Å². The van der Waals surface area contributed by atoms with Gasteiger partial charge in [-0.2, -0.15) is 0 Å². The van der Waals surface area contributed by atoms with Crippen LogP contribution in [0.1, 0.15) is 17.2 Å². The molecule has 3 aromatic carbocycles. The molecule has 0 aliphatic rings. The molecule has 0 saturated carbocycles. The number of nitrogens with one attached hydrogen (secondary N) is 1. The molecule has 170 valence electrons. The summed E-state index contributed by atoms with van der Waals surface area (Å²) in [6, 6.07) is 24.3. The van der Waals surface area contributed by atoms with Crippen LogP contribution in [0.3, 0.4) is 0 Å². The molecule has 1 atom stereocenters. The molecule has 33 heavy (non-hydrogen) atoms. The van der Waals surface area contributed by atoms with Crippen LogP contribution in [0.25, 0.3) is 11.0 Å². The molecule has 0 unspecified atom stereocenters. The molecular formula is C24H24N4O3S2. The van der Waals surface area contributed by atoms with Crippen molar-refractivity contribution in [2.45, 2.75) is 22.5 Å². The molecular weight excluding hydrogens is 456 g/mol. The number of sulfonamides is 1. The second-order valence-corrected chi connectivity index (χ2v) is 10.2. The van der Waals surface area contributed by atoms with Crippen LogP contribution in [0.5, 0.6) is 0 Å². The van der Waals surface area contributed by atoms with Gasteiger partial charge in [0, 0.05) is 7.05 Å². The van der Waals surface area contributed by atoms with Crippen LogP contribution < -0.4 is 10.5 Å². The number of aryl methyl sites for hydroxylation is 1. The maximum Gasteiger partial charge on any atom is 0.238 e. The number of nitrogens with two attached hydrogens (primary N) is 1. The second-order valence-electron chi connectivity index (χ2n) is 7.66. The Morgan fingerprint density at radius 3 is 2.39 bits per heavy atom. The average Bonchev–Trinajstić information content (AvgIpc) is 3.13. The molecule has 3 N–H and O–H groups in total. The van der Waals surface area contributed by atoms with Crippen LogP contribution in [-0.4, -0.2) is 29.6 Å². The summed E-state index contributed by atoms with van der Waals surface area (Å²) < 4.78 is 25.1. The molecule has 9 heteroatoms. The highest BCUT2D eigenvalue weighted by atomic mass is 32.2. The minimum Gasteiger partial charge on any atom is -0.348 e. The van der Waals surface area contributed by atoms with Crippen molar-refractivity contribution in [1.29, 1.82) is 0 Å². The number of fused-ring (bicyclic) bond motifs is 1. The highest BCUT2D eigenvalue weighted by molar-refractivity contribution is 7.99. The van der Waals surface area contributed by atoms with Crippen molar-refractivity contribution in [3.8, 4) is 0 Å². The van der Waals surface area contributed by atoms with Gasteiger partial charge in [0.05, 0.1) is 27.7 Å². The number of carbonyl (C=O) groups excluding carboxylic acids is 1. The standard InChI is InChI=1S/C24H24N4O3S2/c1-28-22-13-12-19(33(25,30)31)15-21(22)27-24(28)32-16-23(29)26-20(18-10-6-3-7-11-18)14-17-8-4-2-5-9-17/h2-13,15,20H,14,16H2,1H3,(H,26,29)(H2,25,30,31)/t20-/m0/s1. The highest BCUT2D eigenvalue weighted by Crippen LogP contribution is 2.25. The third-order valence-corrected chi connectivity index (χ3v) is 7.23. The quantitative estimate of drug-likeness (QED) is 0.376. The van der Waals surface area contributed by atoms with Crippen molar-refractivity contribution < 1.29 is 13.2 Å². The number of thioether (sulfide) groups is 1. The second kappa shape index (κ2) is 9.78. The SMILES string of the molecule is Cn1c(SCC(=O)N[C@@H](Cc2ccccc2)c2ccccc2)nc2cc(S(N)(=O)=O)ccc21. The monoisotopic (exact) mass is 480 g/mol. The maximum absolute atomic E-state index is 12.8. The third kappa shape index (κ3) is 5.62. The molecule has 7 nitrogen and oxygen atoms in total. The van der Waals surface area contributed by atoms with Gasteiger partial charge < -0.3 is 9.88 Å². The van der Waals surface area contributed by atoms with E-state index in [4.69, 9.17) is 5.14 Å². The fourth-order valence-corrected chi connectivity index (χ4v) is 4.95. The van der Waals surface area contributed by atoms with E-state index in [1.54, 1.807) is 6.07 Å². The van der Waals surface area contributed by atoms with Gasteiger partial charge in [0.25, 0.3) is 0 Å². The van der Waals surface area contributed by atoms with E-state index in [-0.39, 0.29) is 22.6 Å². The molecule has 0 bridgehead atoms. The van der Waals surface area contributed by atoms with E-state index < -0.39 is 10.0 Å². The zero-order valence-corrected chi connectivity index (χ0v) is 19.6. The number of nitrogens with zero attached hydrogens (tertiary/aromatic N) is 2. The Kier molecular flexibility index (Phi) is 6.83. The van der Waals surface area contributed by atoms with Crippen LogP contribution in [0, 0.1) is 0 Å². The summed E-state index contributed by atoms with van der Waals surface area (Å²) in [5.41, 5.74) is 3.45. The average molecular weight is 481 g/mol. The van der Waals surface area contributed by atoms with Gasteiger partial charge in [-0.1, -0.05) is 72.4 Å². The maximum atomic E-state index is 12.8. The Morgan fingerprint density at radius 2 is 1.73 bits per heavy atom. The van der Waals surface area contributed by atoms with Gasteiger partial charge in [-0.15, -0.1) is 0 Å². The number of aromatic nitrogens is 2. The lowest BCUT2D eigenvalue weighted by molar-refractivity contribution is -0.119. The number of imidazole rings is 1. The van der Waals surface area contributed by atoms with Gasteiger partial charge >= 0.3 is 0 Å². The van der Waals surface area contributed by atoms with Crippen LogP contribution in [-0.2, 0) is 28.3 Å². The number of hydrogen-bond donors (Lipinski definition) is 2. The Morgan fingerprint density at radius 1 is 1.06 bits per heavy atom. The molecule has 4 aromatic rings. The van der Waals surface area contributed by atoms with Crippen LogP contribution in [0.2, 0.25) is 0 Å². The van der Waals surface area contributed by atoms with E-state index in [2.05, 4.69) is 10.3 Å². The Bertz CT molecular complexity index is 1370. The van der Waals surface area contributed by atoms with Gasteiger partial charge in [-0.3, -0.25) is 4.79 Å². The molecule has 0 spiro atoms. The zero-order chi connectivity index (χ0) is 23.4. The summed E-state index contributed by atoms with van der Waals surface area (Å²) in [6.45, 7) is 0. The van der Waals surface area contributed by atoms with E-state index in [9.17, 15) is 13.2 Å². The normalized spacial score (nSPS) is 12.5. The molecule has 0 aliphatic carbocycles. The number of carbonyl (C=O) groups is 1. The van der Waals surface area contributed by atoms with Crippen molar-refractivity contribution in [2.24, 2.45) is 12.2 Å². The van der Waals surface area contributed by atoms with E-state index >= 15 is 0 Å². The van der Waals surface area contributed by atoms with E-state index in [1.807, 2.05) is 72.3 Å². The summed E-state index contributed by atoms with van der Waals surface area (Å²) in [7, 11) is -1.98. The largest absolute Gasteiger partial charge is 0.348 e. The van der Waals surface area contributed by atoms with Gasteiger partial charge in [0.15, 0.2) is 5.16 Å². The molecule has 0 saturated heterocycles. The number of amides is 1. The first kappa shape index (κ1) is 23.0. The number of primary sulfonamides is 1. The first-order valence-electron chi connectivity index (χ1n) is 10.3. The molecule has 1 heterocycles. The van der Waals surface area contributed by atoms with Crippen molar-refractivity contribution in [2.75, 3.05) is 5.75 Å². The molecule has 0 fully saturated rings. The summed E-state index contributed by atoms with van der Waals surface area (Å²) in [5, 5.41) is 8.98. The minimum absolute atomic E-state index is 0.00834. The lowest BCUT2D eigenvalue weighted by atomic mass is 9.99. The summed E-state index contributed by atoms with van der Waals surface area (Å²) in [4.78, 5) is 17.3. The smallest absolute Gasteiger partial charge is 0.238 e. The molecule has 0 radical (unpaired) electrons. The van der Waals surface area contributed by atoms with Crippen molar-refractivity contribution in [3.63, 3.8) is 0 Å². The van der Waals surface area contributed by atoms with Crippen molar-refractivity contribution >= 4 is 38.7 Å². The first-order chi connectivity index (χ1) is 15.8. The lowest BCUT2D eigenvalue weighted by Crippen LogP contribution is -2.31. The minimum atomic E-state index is -3.81. The van der Waals surface area contributed by atoms with Gasteiger partial charge in [0.1, 0.15) is 0 Å². The number of rotatable bonds is 8. The predicted octanol–water partition coefficient (Wildman–Crippen LogP) is 3.41. The fraction of sp³-hybridized carbons (Fsp3) is 0.167. The lowest BCUT2D eigenvalue weighted by Gasteiger charge is -2.19. The molecule has 1 amide bonds. The van der Waals surface area contributed by atoms with Gasteiger partial charge in [0.2, 0.25) is 15.9 Å². The number of benzene rings is 3. The Labute approximate surface area is 197 Å². The Balaban J connectivity index is 1.48. The van der Waals surface area contributed by atoms with Gasteiger partial charge in [-0.25, -0.2) is 18.5 Å². The summed E-state index contributed by atoms with van der Waals surface area (Å²) in [6.07, 6.45) is 0.684.